The molecule has 1 saturated heterocycles. The van der Waals surface area contributed by atoms with Crippen molar-refractivity contribution in [2.45, 2.75) is 37.5 Å². The second-order valence-electron chi connectivity index (χ2n) is 7.03. The molecule has 28 heavy (non-hydrogen) atoms. The Labute approximate surface area is 168 Å². The third kappa shape index (κ3) is 4.44. The van der Waals surface area contributed by atoms with Crippen LogP contribution in [0.15, 0.2) is 30.5 Å². The largest absolute Gasteiger partial charge is 0.497 e. The maximum absolute atomic E-state index is 11.0. The van der Waals surface area contributed by atoms with Gasteiger partial charge in [0.1, 0.15) is 10.8 Å². The molecule has 0 unspecified atom stereocenters. The summed E-state index contributed by atoms with van der Waals surface area (Å²) in [5.74, 6) is -0.393. The molecule has 0 atom stereocenters. The van der Waals surface area contributed by atoms with Crippen LogP contribution in [0, 0.1) is 0 Å². The summed E-state index contributed by atoms with van der Waals surface area (Å²) in [5, 5.41) is 10.5. The van der Waals surface area contributed by atoms with Gasteiger partial charge in [0.05, 0.1) is 18.7 Å². The molecular formula is C20H25N3O4S. The predicted molar refractivity (Wildman–Crippen MR) is 108 cm³/mol. The summed E-state index contributed by atoms with van der Waals surface area (Å²) < 4.78 is 5.02. The van der Waals surface area contributed by atoms with Gasteiger partial charge in [-0.2, -0.15) is 0 Å². The van der Waals surface area contributed by atoms with Gasteiger partial charge < -0.3 is 20.5 Å². The van der Waals surface area contributed by atoms with Gasteiger partial charge in [0, 0.05) is 13.1 Å². The molecule has 1 aliphatic heterocycles. The van der Waals surface area contributed by atoms with Crippen LogP contribution in [0.5, 0.6) is 5.75 Å². The van der Waals surface area contributed by atoms with Crippen molar-refractivity contribution in [3.05, 3.63) is 41.0 Å². The van der Waals surface area contributed by atoms with Crippen molar-refractivity contribution >= 4 is 28.2 Å². The van der Waals surface area contributed by atoms with E-state index in [1.165, 1.54) is 30.6 Å². The normalized spacial score (nSPS) is 17.2. The highest BCUT2D eigenvalue weighted by Gasteiger charge is 2.51. The first kappa shape index (κ1) is 20.1. The lowest BCUT2D eigenvalue weighted by atomic mass is 9.96. The molecule has 7 nitrogen and oxygen atoms in total. The molecule has 1 amide bonds. The Balaban J connectivity index is 0.000000161. The molecule has 4 rings (SSSR count). The van der Waals surface area contributed by atoms with Crippen molar-refractivity contribution in [1.29, 1.82) is 0 Å². The van der Waals surface area contributed by atoms with Gasteiger partial charge in [0.15, 0.2) is 5.01 Å². The number of anilines is 1. The summed E-state index contributed by atoms with van der Waals surface area (Å²) >= 11 is 1.39. The van der Waals surface area contributed by atoms with Crippen LogP contribution in [0.2, 0.25) is 0 Å². The molecule has 1 aromatic heterocycles. The average Bonchev–Trinajstić information content (AvgIpc) is 3.39. The number of primary amides is 1. The Morgan fingerprint density at radius 1 is 1.18 bits per heavy atom. The van der Waals surface area contributed by atoms with E-state index in [1.54, 1.807) is 25.4 Å². The number of piperidine rings is 1. The average molecular weight is 404 g/mol. The fraction of sp³-hybridized carbons (Fsp3) is 0.450. The summed E-state index contributed by atoms with van der Waals surface area (Å²) in [6, 6.07) is 7.27. The Hall–Kier alpha value is -2.61. The summed E-state index contributed by atoms with van der Waals surface area (Å²) in [6.45, 7) is 2.14. The van der Waals surface area contributed by atoms with Crippen LogP contribution in [0.3, 0.4) is 0 Å². The standard InChI is InChI=1S/C11H12O3.C9H13N3OS/c1-14-9-4-2-8(3-5-9)11(6-7-11)10(12)13;10-8(13)9-11-6-7(14-9)12-4-2-1-3-5-12/h2-5H,6-7H2,1H3,(H,12,13);6H,1-5H2,(H2,10,13). The number of amides is 1. The first-order chi connectivity index (χ1) is 13.5. The van der Waals surface area contributed by atoms with Gasteiger partial charge in [-0.05, 0) is 49.8 Å². The molecule has 2 fully saturated rings. The number of ether oxygens (including phenoxy) is 1. The topological polar surface area (TPSA) is 106 Å². The minimum absolute atomic E-state index is 0.408. The minimum atomic E-state index is -0.720. The van der Waals surface area contributed by atoms with Gasteiger partial charge in [-0.15, -0.1) is 0 Å². The van der Waals surface area contributed by atoms with Crippen molar-refractivity contribution in [2.75, 3.05) is 25.1 Å². The van der Waals surface area contributed by atoms with E-state index >= 15 is 0 Å². The third-order valence-electron chi connectivity index (χ3n) is 5.17. The number of benzene rings is 1. The van der Waals surface area contributed by atoms with Crippen LogP contribution in [0.1, 0.15) is 47.5 Å². The smallest absolute Gasteiger partial charge is 0.314 e. The second-order valence-corrected chi connectivity index (χ2v) is 8.04. The zero-order valence-electron chi connectivity index (χ0n) is 15.9. The molecular weight excluding hydrogens is 378 g/mol. The molecule has 3 N–H and O–H groups in total. The number of aliphatic carboxylic acids is 1. The zero-order valence-corrected chi connectivity index (χ0v) is 16.7. The fourth-order valence-electron chi connectivity index (χ4n) is 3.30. The molecule has 2 aromatic rings. The van der Waals surface area contributed by atoms with E-state index in [2.05, 4.69) is 9.88 Å². The van der Waals surface area contributed by atoms with E-state index in [9.17, 15) is 9.59 Å². The molecule has 2 aliphatic rings. The highest BCUT2D eigenvalue weighted by atomic mass is 32.1. The quantitative estimate of drug-likeness (QED) is 0.795. The highest BCUT2D eigenvalue weighted by Crippen LogP contribution is 2.48. The first-order valence-corrected chi connectivity index (χ1v) is 10.2. The van der Waals surface area contributed by atoms with Crippen LogP contribution >= 0.6 is 11.3 Å². The summed E-state index contributed by atoms with van der Waals surface area (Å²) in [6.07, 6.45) is 6.99. The molecule has 0 bridgehead atoms. The van der Waals surface area contributed by atoms with E-state index < -0.39 is 17.3 Å². The number of rotatable bonds is 5. The number of carboxylic acids is 1. The predicted octanol–water partition coefficient (Wildman–Crippen LogP) is 3.04. The summed E-state index contributed by atoms with van der Waals surface area (Å²) in [4.78, 5) is 28.1. The zero-order chi connectivity index (χ0) is 20.1. The van der Waals surface area contributed by atoms with Crippen molar-refractivity contribution in [2.24, 2.45) is 5.73 Å². The number of thiazole rings is 1. The Morgan fingerprint density at radius 2 is 1.82 bits per heavy atom. The number of nitrogens with zero attached hydrogens (tertiary/aromatic N) is 2. The van der Waals surface area contributed by atoms with E-state index in [0.717, 1.165) is 42.2 Å². The van der Waals surface area contributed by atoms with Gasteiger partial charge in [0.2, 0.25) is 0 Å². The number of carboxylic acid groups (broad SMARTS) is 1. The molecule has 0 radical (unpaired) electrons. The number of carbonyl (C=O) groups is 2. The first-order valence-electron chi connectivity index (χ1n) is 9.35. The Bertz CT molecular complexity index is 824. The molecule has 1 aliphatic carbocycles. The van der Waals surface area contributed by atoms with E-state index in [4.69, 9.17) is 15.6 Å². The number of nitrogens with two attached hydrogens (primary N) is 1. The molecule has 1 aromatic carbocycles. The summed E-state index contributed by atoms with van der Waals surface area (Å²) in [7, 11) is 1.60. The van der Waals surface area contributed by atoms with Crippen molar-refractivity contribution in [3.8, 4) is 5.75 Å². The molecule has 8 heteroatoms. The summed E-state index contributed by atoms with van der Waals surface area (Å²) in [5.41, 5.74) is 5.42. The number of methoxy groups -OCH3 is 1. The van der Waals surface area contributed by atoms with Gasteiger partial charge in [-0.1, -0.05) is 23.5 Å². The van der Waals surface area contributed by atoms with E-state index in [0.29, 0.717) is 5.01 Å². The fourth-order valence-corrected chi connectivity index (χ4v) is 4.12. The highest BCUT2D eigenvalue weighted by molar-refractivity contribution is 7.17. The molecule has 150 valence electrons. The van der Waals surface area contributed by atoms with Crippen LogP contribution < -0.4 is 15.4 Å². The number of aromatic nitrogens is 1. The second kappa shape index (κ2) is 8.60. The van der Waals surface area contributed by atoms with Gasteiger partial charge in [0.25, 0.3) is 5.91 Å². The van der Waals surface area contributed by atoms with Gasteiger partial charge >= 0.3 is 5.97 Å². The lowest BCUT2D eigenvalue weighted by Gasteiger charge is -2.26. The van der Waals surface area contributed by atoms with E-state index in [-0.39, 0.29) is 0 Å². The number of hydrogen-bond donors (Lipinski definition) is 2. The van der Waals surface area contributed by atoms with Crippen molar-refractivity contribution < 1.29 is 19.4 Å². The maximum atomic E-state index is 11.0. The number of carbonyl (C=O) groups excluding carboxylic acids is 1. The van der Waals surface area contributed by atoms with Crippen LogP contribution in [0.4, 0.5) is 5.00 Å². The van der Waals surface area contributed by atoms with Crippen LogP contribution in [0.25, 0.3) is 0 Å². The lowest BCUT2D eigenvalue weighted by molar-refractivity contribution is -0.140. The maximum Gasteiger partial charge on any atom is 0.314 e. The van der Waals surface area contributed by atoms with E-state index in [1.807, 2.05) is 12.1 Å². The minimum Gasteiger partial charge on any atom is -0.497 e. The molecule has 1 saturated carbocycles. The van der Waals surface area contributed by atoms with Crippen molar-refractivity contribution in [3.63, 3.8) is 0 Å². The monoisotopic (exact) mass is 403 g/mol. The molecule has 2 heterocycles. The van der Waals surface area contributed by atoms with Gasteiger partial charge in [-0.25, -0.2) is 4.98 Å². The SMILES string of the molecule is COc1ccc(C2(C(=O)O)CC2)cc1.NC(=O)c1ncc(N2CCCCC2)s1. The Kier molecular flexibility index (Phi) is 6.18. The van der Waals surface area contributed by atoms with Crippen LogP contribution in [-0.2, 0) is 10.2 Å². The van der Waals surface area contributed by atoms with Crippen LogP contribution in [-0.4, -0.2) is 42.2 Å². The molecule has 0 spiro atoms. The van der Waals surface area contributed by atoms with Gasteiger partial charge in [-0.3, -0.25) is 9.59 Å². The number of hydrogen-bond acceptors (Lipinski definition) is 6. The Morgan fingerprint density at radius 3 is 2.29 bits per heavy atom. The third-order valence-corrected chi connectivity index (χ3v) is 6.25. The van der Waals surface area contributed by atoms with Crippen molar-refractivity contribution in [1.82, 2.24) is 4.98 Å². The lowest BCUT2D eigenvalue weighted by Crippen LogP contribution is -2.28.